The maximum atomic E-state index is 4.38. The summed E-state index contributed by atoms with van der Waals surface area (Å²) >= 11 is 5.15. The molecule has 0 radical (unpaired) electrons. The molecule has 0 atom stereocenters. The Morgan fingerprint density at radius 2 is 1.86 bits per heavy atom. The van der Waals surface area contributed by atoms with E-state index in [0.29, 0.717) is 0 Å². The van der Waals surface area contributed by atoms with Crippen LogP contribution in [0.4, 0.5) is 0 Å². The fourth-order valence-electron chi connectivity index (χ4n) is 1.58. The van der Waals surface area contributed by atoms with Crippen molar-refractivity contribution in [3.05, 3.63) is 38.6 Å². The van der Waals surface area contributed by atoms with Crippen LogP contribution in [0.2, 0.25) is 0 Å². The highest BCUT2D eigenvalue weighted by Crippen LogP contribution is 2.34. The van der Waals surface area contributed by atoms with Crippen molar-refractivity contribution >= 4 is 27.3 Å². The normalized spacial score (nSPS) is 10.5. The summed E-state index contributed by atoms with van der Waals surface area (Å²) in [6.45, 7) is 4.24. The zero-order valence-electron chi connectivity index (χ0n) is 8.04. The van der Waals surface area contributed by atoms with Gasteiger partial charge in [-0.2, -0.15) is 0 Å². The second-order valence-corrected chi connectivity index (χ2v) is 5.41. The molecule has 0 saturated carbocycles. The molecule has 0 aliphatic rings. The number of hydrogen-bond acceptors (Lipinski definition) is 2. The molecule has 0 aliphatic heterocycles. The van der Waals surface area contributed by atoms with E-state index in [1.165, 1.54) is 16.7 Å². The van der Waals surface area contributed by atoms with Crippen LogP contribution in [0.25, 0.3) is 11.3 Å². The van der Waals surface area contributed by atoms with E-state index in [1.54, 1.807) is 11.3 Å². The lowest BCUT2D eigenvalue weighted by molar-refractivity contribution is 1.32. The number of halogens is 1. The van der Waals surface area contributed by atoms with Gasteiger partial charge in [0, 0.05) is 5.56 Å². The fraction of sp³-hybridized carbons (Fsp3) is 0.182. The van der Waals surface area contributed by atoms with Crippen molar-refractivity contribution in [2.75, 3.05) is 0 Å². The summed E-state index contributed by atoms with van der Waals surface area (Å²) in [6.07, 6.45) is 0. The lowest BCUT2D eigenvalue weighted by Crippen LogP contribution is -1.87. The van der Waals surface area contributed by atoms with Crippen LogP contribution in [-0.4, -0.2) is 4.98 Å². The molecule has 0 spiro atoms. The zero-order chi connectivity index (χ0) is 10.1. The minimum atomic E-state index is 1.06. The van der Waals surface area contributed by atoms with Gasteiger partial charge in [0.25, 0.3) is 0 Å². The van der Waals surface area contributed by atoms with Crippen LogP contribution in [0.15, 0.2) is 27.5 Å². The number of thiazole rings is 1. The molecule has 2 aromatic rings. The molecule has 0 unspecified atom stereocenters. The van der Waals surface area contributed by atoms with Gasteiger partial charge in [-0.25, -0.2) is 4.98 Å². The van der Waals surface area contributed by atoms with E-state index in [0.717, 1.165) is 9.48 Å². The van der Waals surface area contributed by atoms with E-state index >= 15 is 0 Å². The molecule has 1 aromatic heterocycles. The predicted octanol–water partition coefficient (Wildman–Crippen LogP) is 4.19. The molecule has 1 nitrogen and oxygen atoms in total. The van der Waals surface area contributed by atoms with Crippen LogP contribution in [0.1, 0.15) is 11.1 Å². The predicted molar refractivity (Wildman–Crippen MR) is 64.7 cm³/mol. The van der Waals surface area contributed by atoms with E-state index in [-0.39, 0.29) is 0 Å². The Morgan fingerprint density at radius 3 is 2.36 bits per heavy atom. The Labute approximate surface area is 95.9 Å². The van der Waals surface area contributed by atoms with Crippen LogP contribution in [0, 0.1) is 13.8 Å². The van der Waals surface area contributed by atoms with Crippen LogP contribution in [0.5, 0.6) is 0 Å². The molecule has 14 heavy (non-hydrogen) atoms. The van der Waals surface area contributed by atoms with Crippen LogP contribution < -0.4 is 0 Å². The fourth-order valence-corrected chi connectivity index (χ4v) is 2.65. The molecular formula is C11H10BrNS. The smallest absolute Gasteiger partial charge is 0.0977 e. The molecule has 0 aliphatic carbocycles. The molecule has 72 valence electrons. The molecule has 1 heterocycles. The first kappa shape index (κ1) is 9.87. The Hall–Kier alpha value is -0.670. The summed E-state index contributed by atoms with van der Waals surface area (Å²) < 4.78 is 1.11. The first-order valence-electron chi connectivity index (χ1n) is 4.35. The lowest BCUT2D eigenvalue weighted by Gasteiger charge is -2.06. The third-order valence-corrected chi connectivity index (χ3v) is 3.79. The average Bonchev–Trinajstić information content (AvgIpc) is 2.52. The molecule has 1 aromatic carbocycles. The average molecular weight is 268 g/mol. The van der Waals surface area contributed by atoms with E-state index in [1.807, 2.05) is 5.51 Å². The molecule has 0 N–H and O–H groups in total. The zero-order valence-corrected chi connectivity index (χ0v) is 10.4. The second-order valence-electron chi connectivity index (χ2n) is 3.24. The Balaban J connectivity index is 2.68. The summed E-state index contributed by atoms with van der Waals surface area (Å²) in [7, 11) is 0. The summed E-state index contributed by atoms with van der Waals surface area (Å²) in [4.78, 5) is 4.38. The van der Waals surface area contributed by atoms with Gasteiger partial charge in [0.2, 0.25) is 0 Å². The Bertz CT molecular complexity index is 442. The van der Waals surface area contributed by atoms with Gasteiger partial charge < -0.3 is 0 Å². The molecule has 0 amide bonds. The topological polar surface area (TPSA) is 12.9 Å². The number of benzene rings is 1. The lowest BCUT2D eigenvalue weighted by atomic mass is 10.0. The van der Waals surface area contributed by atoms with Crippen molar-refractivity contribution < 1.29 is 0 Å². The van der Waals surface area contributed by atoms with E-state index in [4.69, 9.17) is 0 Å². The van der Waals surface area contributed by atoms with Gasteiger partial charge >= 0.3 is 0 Å². The second kappa shape index (κ2) is 3.83. The molecular weight excluding hydrogens is 258 g/mol. The van der Waals surface area contributed by atoms with Gasteiger partial charge in [0.05, 0.1) is 15.0 Å². The molecule has 0 saturated heterocycles. The third-order valence-electron chi connectivity index (χ3n) is 2.24. The van der Waals surface area contributed by atoms with Gasteiger partial charge in [-0.05, 0) is 40.9 Å². The van der Waals surface area contributed by atoms with Gasteiger partial charge in [0.1, 0.15) is 0 Å². The largest absolute Gasteiger partial charge is 0.243 e. The highest BCUT2D eigenvalue weighted by molar-refractivity contribution is 9.11. The number of hydrogen-bond donors (Lipinski definition) is 0. The Morgan fingerprint density at radius 1 is 1.21 bits per heavy atom. The van der Waals surface area contributed by atoms with Crippen molar-refractivity contribution in [1.29, 1.82) is 0 Å². The molecule has 0 bridgehead atoms. The quantitative estimate of drug-likeness (QED) is 0.755. The number of aromatic nitrogens is 1. The van der Waals surface area contributed by atoms with E-state index in [9.17, 15) is 0 Å². The first-order chi connectivity index (χ1) is 6.70. The molecule has 0 fully saturated rings. The summed E-state index contributed by atoms with van der Waals surface area (Å²) in [5.74, 6) is 0. The summed E-state index contributed by atoms with van der Waals surface area (Å²) in [5.41, 5.74) is 6.73. The van der Waals surface area contributed by atoms with Crippen LogP contribution in [-0.2, 0) is 0 Å². The van der Waals surface area contributed by atoms with Crippen molar-refractivity contribution in [2.45, 2.75) is 13.8 Å². The number of aryl methyl sites for hydroxylation is 2. The van der Waals surface area contributed by atoms with Gasteiger partial charge in [-0.1, -0.05) is 18.2 Å². The van der Waals surface area contributed by atoms with E-state index in [2.05, 4.69) is 53.0 Å². The van der Waals surface area contributed by atoms with Crippen molar-refractivity contribution in [2.24, 2.45) is 0 Å². The SMILES string of the molecule is Cc1cccc(C)c1-c1ncsc1Br. The maximum absolute atomic E-state index is 4.38. The maximum Gasteiger partial charge on any atom is 0.0977 e. The van der Waals surface area contributed by atoms with Crippen molar-refractivity contribution in [3.63, 3.8) is 0 Å². The monoisotopic (exact) mass is 267 g/mol. The highest BCUT2D eigenvalue weighted by Gasteiger charge is 2.10. The Kier molecular flexibility index (Phi) is 2.70. The van der Waals surface area contributed by atoms with Crippen LogP contribution >= 0.6 is 27.3 Å². The van der Waals surface area contributed by atoms with Gasteiger partial charge in [0.15, 0.2) is 0 Å². The van der Waals surface area contributed by atoms with Crippen molar-refractivity contribution in [1.82, 2.24) is 4.98 Å². The number of rotatable bonds is 1. The first-order valence-corrected chi connectivity index (χ1v) is 6.03. The summed E-state index contributed by atoms with van der Waals surface area (Å²) in [6, 6.07) is 6.32. The molecule has 2 rings (SSSR count). The van der Waals surface area contributed by atoms with Gasteiger partial charge in [-0.3, -0.25) is 0 Å². The summed E-state index contributed by atoms with van der Waals surface area (Å²) in [5, 5.41) is 0. The highest BCUT2D eigenvalue weighted by atomic mass is 79.9. The third kappa shape index (κ3) is 1.62. The van der Waals surface area contributed by atoms with E-state index < -0.39 is 0 Å². The molecule has 3 heteroatoms. The number of nitrogens with zero attached hydrogens (tertiary/aromatic N) is 1. The van der Waals surface area contributed by atoms with Crippen molar-refractivity contribution in [3.8, 4) is 11.3 Å². The minimum Gasteiger partial charge on any atom is -0.243 e. The van der Waals surface area contributed by atoms with Crippen LogP contribution in [0.3, 0.4) is 0 Å². The van der Waals surface area contributed by atoms with Gasteiger partial charge in [-0.15, -0.1) is 11.3 Å². The standard InChI is InChI=1S/C11H10BrNS/c1-7-4-3-5-8(2)9(7)10-11(12)14-6-13-10/h3-6H,1-2H3. The minimum absolute atomic E-state index is 1.06.